The van der Waals surface area contributed by atoms with Crippen molar-refractivity contribution in [3.05, 3.63) is 0 Å². The minimum Gasteiger partial charge on any atom is -0.391 e. The van der Waals surface area contributed by atoms with Crippen LogP contribution in [0.5, 0.6) is 0 Å². The van der Waals surface area contributed by atoms with Gasteiger partial charge in [0.25, 0.3) is 0 Å². The molecule has 0 radical (unpaired) electrons. The highest BCUT2D eigenvalue weighted by Gasteiger charge is 2.33. The molecule has 0 heterocycles. The molecule has 0 aromatic heterocycles. The van der Waals surface area contributed by atoms with Gasteiger partial charge in [-0.25, -0.2) is 0 Å². The van der Waals surface area contributed by atoms with Crippen LogP contribution in [0.2, 0.25) is 0 Å². The lowest BCUT2D eigenvalue weighted by Crippen LogP contribution is -2.56. The highest BCUT2D eigenvalue weighted by molar-refractivity contribution is 5.83. The minimum atomic E-state index is -1.14. The Morgan fingerprint density at radius 1 is 0.429 bits per heavy atom. The Morgan fingerprint density at radius 2 is 0.653 bits per heavy atom. The van der Waals surface area contributed by atoms with Gasteiger partial charge in [0.2, 0.25) is 0 Å². The first-order valence-corrected chi connectivity index (χ1v) is 21.7. The SMILES string of the molecule is CCCCCCCCCCCCCCCCCC(=O)C(O)C[N+](C)(CCO)CC(O)C(=O)CCCCCCCCCCCCCCCCC. The summed E-state index contributed by atoms with van der Waals surface area (Å²) in [5.41, 5.74) is 0. The van der Waals surface area contributed by atoms with Gasteiger partial charge in [-0.15, -0.1) is 0 Å². The maximum absolute atomic E-state index is 12.7. The molecule has 2 atom stereocenters. The summed E-state index contributed by atoms with van der Waals surface area (Å²) in [7, 11) is 1.81. The molecule has 0 aliphatic heterocycles. The second-order valence-electron chi connectivity index (χ2n) is 15.8. The standard InChI is InChI=1S/C43H86NO5/c1-4-6-8-10-12-14-16-18-20-22-24-26-28-30-32-34-40(46)42(48)38-44(3,36-37-45)39-43(49)41(47)35-33-31-29-27-25-23-21-19-17-15-13-11-9-7-5-2/h42-43,45,48-49H,4-39H2,1-3H3/q+1. The smallest absolute Gasteiger partial charge is 0.167 e. The monoisotopic (exact) mass is 697 g/mol. The molecule has 0 bridgehead atoms. The Morgan fingerprint density at radius 3 is 0.878 bits per heavy atom. The minimum absolute atomic E-state index is 0.105. The van der Waals surface area contributed by atoms with Gasteiger partial charge < -0.3 is 19.8 Å². The van der Waals surface area contributed by atoms with E-state index < -0.39 is 12.2 Å². The second-order valence-corrected chi connectivity index (χ2v) is 15.8. The van der Waals surface area contributed by atoms with Crippen LogP contribution in [0, 0.1) is 0 Å². The highest BCUT2D eigenvalue weighted by atomic mass is 16.3. The predicted molar refractivity (Wildman–Crippen MR) is 209 cm³/mol. The summed E-state index contributed by atoms with van der Waals surface area (Å²) in [6.45, 7) is 4.91. The van der Waals surface area contributed by atoms with E-state index in [0.717, 1.165) is 38.5 Å². The normalized spacial score (nSPS) is 14.2. The second kappa shape index (κ2) is 35.6. The van der Waals surface area contributed by atoms with E-state index in [1.165, 1.54) is 154 Å². The summed E-state index contributed by atoms with van der Waals surface area (Å²) in [5, 5.41) is 31.0. The Hall–Kier alpha value is -0.820. The van der Waals surface area contributed by atoms with Crippen molar-refractivity contribution in [3.63, 3.8) is 0 Å². The molecular weight excluding hydrogens is 610 g/mol. The molecule has 3 N–H and O–H groups in total. The van der Waals surface area contributed by atoms with Gasteiger partial charge >= 0.3 is 0 Å². The summed E-state index contributed by atoms with van der Waals surface area (Å²) in [5.74, 6) is -0.341. The largest absolute Gasteiger partial charge is 0.391 e. The highest BCUT2D eigenvalue weighted by Crippen LogP contribution is 2.17. The molecule has 0 aliphatic carbocycles. The summed E-state index contributed by atoms with van der Waals surface area (Å²) in [6, 6.07) is 0. The molecule has 0 aromatic carbocycles. The molecule has 0 aliphatic rings. The molecule has 0 saturated carbocycles. The third-order valence-corrected chi connectivity index (χ3v) is 10.7. The topological polar surface area (TPSA) is 94.8 Å². The van der Waals surface area contributed by atoms with Crippen LogP contribution < -0.4 is 0 Å². The Bertz CT molecular complexity index is 675. The van der Waals surface area contributed by atoms with Gasteiger partial charge in [-0.05, 0) is 12.8 Å². The van der Waals surface area contributed by atoms with Crippen LogP contribution in [0.4, 0.5) is 0 Å². The van der Waals surface area contributed by atoms with Crippen molar-refractivity contribution in [1.82, 2.24) is 0 Å². The zero-order valence-corrected chi connectivity index (χ0v) is 33.2. The number of quaternary nitrogens is 1. The average Bonchev–Trinajstić information content (AvgIpc) is 3.07. The molecule has 0 aromatic rings. The number of Topliss-reactive ketones (excluding diaryl/α,β-unsaturated/α-hetero) is 2. The lowest BCUT2D eigenvalue weighted by molar-refractivity contribution is -0.913. The van der Waals surface area contributed by atoms with Crippen molar-refractivity contribution in [1.29, 1.82) is 0 Å². The molecule has 0 saturated heterocycles. The number of ketones is 2. The maximum Gasteiger partial charge on any atom is 0.167 e. The molecule has 0 rings (SSSR count). The van der Waals surface area contributed by atoms with E-state index in [4.69, 9.17) is 0 Å². The van der Waals surface area contributed by atoms with E-state index in [-0.39, 0.29) is 42.3 Å². The summed E-state index contributed by atoms with van der Waals surface area (Å²) in [6.07, 6.45) is 36.6. The van der Waals surface area contributed by atoms with E-state index in [2.05, 4.69) is 13.8 Å². The zero-order chi connectivity index (χ0) is 36.3. The van der Waals surface area contributed by atoms with E-state index in [9.17, 15) is 24.9 Å². The molecule has 0 spiro atoms. The lowest BCUT2D eigenvalue weighted by Gasteiger charge is -2.36. The van der Waals surface area contributed by atoms with Gasteiger partial charge in [-0.2, -0.15) is 0 Å². The lowest BCUT2D eigenvalue weighted by atomic mass is 10.0. The number of carbonyl (C=O) groups is 2. The number of likely N-dealkylation sites (N-methyl/N-ethyl adjacent to an activating group) is 1. The number of unbranched alkanes of at least 4 members (excludes halogenated alkanes) is 28. The molecule has 292 valence electrons. The number of hydrogen-bond acceptors (Lipinski definition) is 5. The van der Waals surface area contributed by atoms with Crippen molar-refractivity contribution in [2.45, 2.75) is 232 Å². The maximum atomic E-state index is 12.7. The van der Waals surface area contributed by atoms with E-state index in [1.54, 1.807) is 0 Å². The molecule has 0 fully saturated rings. The van der Waals surface area contributed by atoms with Gasteiger partial charge in [0.05, 0.1) is 13.7 Å². The number of rotatable bonds is 40. The van der Waals surface area contributed by atoms with Crippen LogP contribution in [0.25, 0.3) is 0 Å². The number of aliphatic hydroxyl groups is 3. The number of nitrogens with zero attached hydrogens (tertiary/aromatic N) is 1. The number of hydrogen-bond donors (Lipinski definition) is 3. The number of aliphatic hydroxyl groups excluding tert-OH is 3. The van der Waals surface area contributed by atoms with Crippen LogP contribution >= 0.6 is 0 Å². The third kappa shape index (κ3) is 31.6. The third-order valence-electron chi connectivity index (χ3n) is 10.7. The first-order valence-electron chi connectivity index (χ1n) is 21.7. The average molecular weight is 697 g/mol. The zero-order valence-electron chi connectivity index (χ0n) is 33.2. The van der Waals surface area contributed by atoms with Crippen molar-refractivity contribution in [2.75, 3.05) is 33.3 Å². The fraction of sp³-hybridized carbons (Fsp3) is 0.953. The van der Waals surface area contributed by atoms with Crippen LogP contribution in [0.1, 0.15) is 219 Å². The molecular formula is C43H86NO5+. The fourth-order valence-electron chi connectivity index (χ4n) is 7.21. The van der Waals surface area contributed by atoms with Crippen molar-refractivity contribution in [3.8, 4) is 0 Å². The molecule has 49 heavy (non-hydrogen) atoms. The molecule has 6 heteroatoms. The van der Waals surface area contributed by atoms with E-state index in [0.29, 0.717) is 12.8 Å². The fourth-order valence-corrected chi connectivity index (χ4v) is 7.21. The number of carbonyl (C=O) groups excluding carboxylic acids is 2. The van der Waals surface area contributed by atoms with Crippen molar-refractivity contribution in [2.24, 2.45) is 0 Å². The van der Waals surface area contributed by atoms with Gasteiger partial charge in [-0.3, -0.25) is 9.59 Å². The Labute approximate surface area is 305 Å². The van der Waals surface area contributed by atoms with E-state index in [1.807, 2.05) is 7.05 Å². The summed E-state index contributed by atoms with van der Waals surface area (Å²) in [4.78, 5) is 25.4. The molecule has 0 amide bonds. The van der Waals surface area contributed by atoms with Crippen molar-refractivity contribution >= 4 is 11.6 Å². The van der Waals surface area contributed by atoms with Crippen LogP contribution in [0.15, 0.2) is 0 Å². The summed E-state index contributed by atoms with van der Waals surface area (Å²) < 4.78 is 0.105. The van der Waals surface area contributed by atoms with Crippen molar-refractivity contribution < 1.29 is 29.4 Å². The Balaban J connectivity index is 3.96. The quantitative estimate of drug-likeness (QED) is 0.0438. The van der Waals surface area contributed by atoms with Gasteiger partial charge in [0.1, 0.15) is 19.6 Å². The van der Waals surface area contributed by atoms with Gasteiger partial charge in [0, 0.05) is 12.8 Å². The predicted octanol–water partition coefficient (Wildman–Crippen LogP) is 10.8. The molecule has 2 unspecified atom stereocenters. The summed E-state index contributed by atoms with van der Waals surface area (Å²) >= 11 is 0. The van der Waals surface area contributed by atoms with Crippen LogP contribution in [-0.4, -0.2) is 76.9 Å². The van der Waals surface area contributed by atoms with Crippen LogP contribution in [-0.2, 0) is 9.59 Å². The Kier molecular flexibility index (Phi) is 35.0. The first-order chi connectivity index (χ1) is 23.8. The van der Waals surface area contributed by atoms with E-state index >= 15 is 0 Å². The van der Waals surface area contributed by atoms with Crippen LogP contribution in [0.3, 0.4) is 0 Å². The first kappa shape index (κ1) is 48.2. The van der Waals surface area contributed by atoms with Gasteiger partial charge in [0.15, 0.2) is 23.8 Å². The molecule has 6 nitrogen and oxygen atoms in total. The van der Waals surface area contributed by atoms with Gasteiger partial charge in [-0.1, -0.05) is 194 Å².